The van der Waals surface area contributed by atoms with E-state index in [0.717, 1.165) is 0 Å². The van der Waals surface area contributed by atoms with Gasteiger partial charge in [0.15, 0.2) is 0 Å². The Balaban J connectivity index is 2.42. The molecule has 0 saturated heterocycles. The highest BCUT2D eigenvalue weighted by atomic mass is 35.5. The van der Waals surface area contributed by atoms with Crippen LogP contribution in [0.2, 0.25) is 5.02 Å². The van der Waals surface area contributed by atoms with E-state index in [2.05, 4.69) is 10.3 Å². The predicted octanol–water partition coefficient (Wildman–Crippen LogP) is 2.84. The maximum absolute atomic E-state index is 10.9. The van der Waals surface area contributed by atoms with Crippen LogP contribution in [0, 0.1) is 21.4 Å². The maximum Gasteiger partial charge on any atom is 0.311 e. The van der Waals surface area contributed by atoms with Crippen LogP contribution in [-0.4, -0.2) is 9.91 Å². The summed E-state index contributed by atoms with van der Waals surface area (Å²) in [5.41, 5.74) is 6.07. The summed E-state index contributed by atoms with van der Waals surface area (Å²) in [4.78, 5) is 14.2. The van der Waals surface area contributed by atoms with Crippen molar-refractivity contribution in [1.82, 2.24) is 4.98 Å². The molecule has 1 aromatic heterocycles. The van der Waals surface area contributed by atoms with E-state index in [9.17, 15) is 10.1 Å². The van der Waals surface area contributed by atoms with Gasteiger partial charge in [-0.15, -0.1) is 0 Å². The van der Waals surface area contributed by atoms with Crippen molar-refractivity contribution < 1.29 is 4.92 Å². The third-order valence-electron chi connectivity index (χ3n) is 2.44. The van der Waals surface area contributed by atoms with Crippen molar-refractivity contribution in [1.29, 1.82) is 5.26 Å². The Morgan fingerprint density at radius 2 is 2.15 bits per heavy atom. The molecule has 3 N–H and O–H groups in total. The quantitative estimate of drug-likeness (QED) is 0.662. The zero-order valence-corrected chi connectivity index (χ0v) is 10.8. The van der Waals surface area contributed by atoms with Gasteiger partial charge in [0.2, 0.25) is 5.82 Å². The van der Waals surface area contributed by atoms with E-state index < -0.39 is 4.92 Å². The number of pyridine rings is 1. The highest BCUT2D eigenvalue weighted by Gasteiger charge is 2.16. The summed E-state index contributed by atoms with van der Waals surface area (Å²) in [6.07, 6.45) is 0. The molecule has 0 aliphatic heterocycles. The number of hydrogen-bond donors (Lipinski definition) is 2. The van der Waals surface area contributed by atoms with Crippen molar-refractivity contribution >= 4 is 34.6 Å². The van der Waals surface area contributed by atoms with E-state index in [4.69, 9.17) is 22.6 Å². The molecule has 0 aliphatic carbocycles. The van der Waals surface area contributed by atoms with Gasteiger partial charge >= 0.3 is 5.69 Å². The molecule has 0 atom stereocenters. The monoisotopic (exact) mass is 289 g/mol. The van der Waals surface area contributed by atoms with Crippen molar-refractivity contribution in [2.24, 2.45) is 0 Å². The first-order valence-electron chi connectivity index (χ1n) is 5.39. The molecule has 0 amide bonds. The molecule has 7 nitrogen and oxygen atoms in total. The van der Waals surface area contributed by atoms with Crippen LogP contribution in [0.1, 0.15) is 5.56 Å². The molecule has 2 rings (SSSR count). The standard InChI is InChI=1S/C12H8ClN5O2/c13-8-5-7(6-14)1-2-9(8)16-12-10(18(19)20)3-4-11(15)17-12/h1-5H,(H3,15,16,17). The van der Waals surface area contributed by atoms with E-state index in [0.29, 0.717) is 11.3 Å². The summed E-state index contributed by atoms with van der Waals surface area (Å²) < 4.78 is 0. The number of nitriles is 1. The van der Waals surface area contributed by atoms with E-state index >= 15 is 0 Å². The second-order valence-electron chi connectivity index (χ2n) is 3.79. The lowest BCUT2D eigenvalue weighted by molar-refractivity contribution is -0.384. The van der Waals surface area contributed by atoms with Gasteiger partial charge in [-0.25, -0.2) is 4.98 Å². The number of nitrogens with zero attached hydrogens (tertiary/aromatic N) is 3. The lowest BCUT2D eigenvalue weighted by atomic mass is 10.2. The zero-order chi connectivity index (χ0) is 14.7. The van der Waals surface area contributed by atoms with Crippen molar-refractivity contribution in [2.45, 2.75) is 0 Å². The summed E-state index contributed by atoms with van der Waals surface area (Å²) in [6.45, 7) is 0. The molecule has 20 heavy (non-hydrogen) atoms. The number of anilines is 3. The van der Waals surface area contributed by atoms with Gasteiger partial charge in [0, 0.05) is 6.07 Å². The van der Waals surface area contributed by atoms with Crippen LogP contribution in [0.25, 0.3) is 0 Å². The molecule has 0 spiro atoms. The van der Waals surface area contributed by atoms with Crippen LogP contribution in [0.15, 0.2) is 30.3 Å². The largest absolute Gasteiger partial charge is 0.384 e. The molecule has 0 fully saturated rings. The van der Waals surface area contributed by atoms with E-state index in [1.807, 2.05) is 6.07 Å². The fraction of sp³-hybridized carbons (Fsp3) is 0. The molecule has 8 heteroatoms. The molecule has 2 aromatic rings. The summed E-state index contributed by atoms with van der Waals surface area (Å²) in [7, 11) is 0. The third-order valence-corrected chi connectivity index (χ3v) is 2.76. The highest BCUT2D eigenvalue weighted by Crippen LogP contribution is 2.30. The molecule has 0 saturated carbocycles. The second-order valence-corrected chi connectivity index (χ2v) is 4.20. The number of nitrogens with two attached hydrogens (primary N) is 1. The van der Waals surface area contributed by atoms with Gasteiger partial charge in [0.05, 0.1) is 27.3 Å². The Hall–Kier alpha value is -2.85. The topological polar surface area (TPSA) is 118 Å². The van der Waals surface area contributed by atoms with Crippen molar-refractivity contribution in [3.63, 3.8) is 0 Å². The van der Waals surface area contributed by atoms with Crippen LogP contribution in [0.3, 0.4) is 0 Å². The van der Waals surface area contributed by atoms with Crippen molar-refractivity contribution in [3.8, 4) is 6.07 Å². The van der Waals surface area contributed by atoms with Gasteiger partial charge in [-0.2, -0.15) is 5.26 Å². The molecular formula is C12H8ClN5O2. The Morgan fingerprint density at radius 1 is 1.40 bits per heavy atom. The predicted molar refractivity (Wildman–Crippen MR) is 74.8 cm³/mol. The normalized spacial score (nSPS) is 9.80. The highest BCUT2D eigenvalue weighted by molar-refractivity contribution is 6.33. The maximum atomic E-state index is 10.9. The van der Waals surface area contributed by atoms with Gasteiger partial charge in [0.1, 0.15) is 5.82 Å². The molecule has 0 unspecified atom stereocenters. The average Bonchev–Trinajstić information content (AvgIpc) is 2.40. The molecule has 0 bridgehead atoms. The van der Waals surface area contributed by atoms with Gasteiger partial charge in [-0.1, -0.05) is 11.6 Å². The van der Waals surface area contributed by atoms with E-state index in [-0.39, 0.29) is 22.3 Å². The zero-order valence-electron chi connectivity index (χ0n) is 10.0. The Morgan fingerprint density at radius 3 is 2.75 bits per heavy atom. The van der Waals surface area contributed by atoms with E-state index in [1.54, 1.807) is 0 Å². The Labute approximate surface area is 118 Å². The fourth-order valence-electron chi connectivity index (χ4n) is 1.52. The number of nitro groups is 1. The lowest BCUT2D eigenvalue weighted by Crippen LogP contribution is -2.02. The van der Waals surface area contributed by atoms with Crippen molar-refractivity contribution in [3.05, 3.63) is 51.0 Å². The van der Waals surface area contributed by atoms with Crippen LogP contribution in [-0.2, 0) is 0 Å². The third kappa shape index (κ3) is 2.76. The molecule has 1 heterocycles. The summed E-state index contributed by atoms with van der Waals surface area (Å²) in [5, 5.41) is 22.7. The average molecular weight is 290 g/mol. The molecular weight excluding hydrogens is 282 g/mol. The summed E-state index contributed by atoms with van der Waals surface area (Å²) in [5.74, 6) is 0.129. The van der Waals surface area contributed by atoms with Crippen LogP contribution in [0.5, 0.6) is 0 Å². The summed E-state index contributed by atoms with van der Waals surface area (Å²) >= 11 is 5.99. The molecule has 0 radical (unpaired) electrons. The Kier molecular flexibility index (Phi) is 3.68. The number of nitrogen functional groups attached to an aromatic ring is 1. The van der Waals surface area contributed by atoms with Gasteiger partial charge < -0.3 is 11.1 Å². The molecule has 0 aliphatic rings. The van der Waals surface area contributed by atoms with Crippen LogP contribution in [0.4, 0.5) is 23.0 Å². The van der Waals surface area contributed by atoms with Crippen LogP contribution < -0.4 is 11.1 Å². The van der Waals surface area contributed by atoms with Crippen molar-refractivity contribution in [2.75, 3.05) is 11.1 Å². The van der Waals surface area contributed by atoms with Crippen LogP contribution >= 0.6 is 11.6 Å². The minimum Gasteiger partial charge on any atom is -0.384 e. The number of halogens is 1. The first kappa shape index (κ1) is 13.6. The molecule has 1 aromatic carbocycles. The first-order valence-corrected chi connectivity index (χ1v) is 5.76. The van der Waals surface area contributed by atoms with E-state index in [1.165, 1.54) is 30.3 Å². The smallest absolute Gasteiger partial charge is 0.311 e. The van der Waals surface area contributed by atoms with Gasteiger partial charge in [0.25, 0.3) is 0 Å². The minimum absolute atomic E-state index is 0.0124. The van der Waals surface area contributed by atoms with Gasteiger partial charge in [-0.3, -0.25) is 10.1 Å². The lowest BCUT2D eigenvalue weighted by Gasteiger charge is -2.08. The number of rotatable bonds is 3. The molecule has 100 valence electrons. The summed E-state index contributed by atoms with van der Waals surface area (Å²) in [6, 6.07) is 9.05. The Bertz CT molecular complexity index is 726. The minimum atomic E-state index is -0.577. The first-order chi connectivity index (χ1) is 9.51. The second kappa shape index (κ2) is 5.42. The SMILES string of the molecule is N#Cc1ccc(Nc2nc(N)ccc2[N+](=O)[O-])c(Cl)c1. The number of hydrogen-bond acceptors (Lipinski definition) is 6. The fourth-order valence-corrected chi connectivity index (χ4v) is 1.75. The number of aromatic nitrogens is 1. The number of benzene rings is 1. The van der Waals surface area contributed by atoms with Gasteiger partial charge in [-0.05, 0) is 24.3 Å². The number of nitrogens with one attached hydrogen (secondary N) is 1.